The van der Waals surface area contributed by atoms with E-state index in [1.807, 2.05) is 0 Å². The van der Waals surface area contributed by atoms with Crippen LogP contribution < -0.4 is 0 Å². The molecule has 0 radical (unpaired) electrons. The average molecular weight is 346 g/mol. The molecule has 1 aliphatic carbocycles. The zero-order valence-corrected chi connectivity index (χ0v) is 12.8. The fourth-order valence-corrected chi connectivity index (χ4v) is 3.14. The number of carbonyl (C=O) groups excluding carboxylic acids is 1. The Kier molecular flexibility index (Phi) is 5.52. The van der Waals surface area contributed by atoms with Crippen molar-refractivity contribution in [3.63, 3.8) is 0 Å². The smallest absolute Gasteiger partial charge is 0.257 e. The molecule has 2 nitrogen and oxygen atoms in total. The predicted molar refractivity (Wildman–Crippen MR) is 78.1 cm³/mol. The van der Waals surface area contributed by atoms with Gasteiger partial charge >= 0.3 is 0 Å². The molecule has 1 amide bonds. The van der Waals surface area contributed by atoms with Crippen molar-refractivity contribution in [3.05, 3.63) is 35.4 Å². The van der Waals surface area contributed by atoms with Crippen LogP contribution in [-0.2, 0) is 0 Å². The molecule has 0 heterocycles. The zero-order valence-electron chi connectivity index (χ0n) is 11.2. The third kappa shape index (κ3) is 3.37. The number of nitrogens with zero attached hydrogens (tertiary/aromatic N) is 1. The molecule has 0 aromatic heterocycles. The summed E-state index contributed by atoms with van der Waals surface area (Å²) < 4.78 is 27.1. The maximum atomic E-state index is 13.8. The van der Waals surface area contributed by atoms with Crippen LogP contribution in [0.5, 0.6) is 0 Å². The lowest BCUT2D eigenvalue weighted by Crippen LogP contribution is -2.43. The molecule has 0 bridgehead atoms. The molecule has 1 aromatic carbocycles. The lowest BCUT2D eigenvalue weighted by molar-refractivity contribution is 0.0645. The van der Waals surface area contributed by atoms with Crippen LogP contribution in [0.1, 0.15) is 42.5 Å². The van der Waals surface area contributed by atoms with Gasteiger partial charge in [0.25, 0.3) is 5.91 Å². The van der Waals surface area contributed by atoms with Gasteiger partial charge in [0.2, 0.25) is 0 Å². The number of rotatable bonds is 4. The van der Waals surface area contributed by atoms with Gasteiger partial charge in [0, 0.05) is 17.9 Å². The van der Waals surface area contributed by atoms with E-state index in [0.29, 0.717) is 11.9 Å². The van der Waals surface area contributed by atoms with E-state index >= 15 is 0 Å². The second-order valence-corrected chi connectivity index (χ2v) is 5.87. The first-order valence-corrected chi connectivity index (χ1v) is 8.08. The monoisotopic (exact) mass is 345 g/mol. The number of halogens is 3. The summed E-state index contributed by atoms with van der Waals surface area (Å²) in [5, 5.41) is 0.631. The Balaban J connectivity index is 2.23. The molecular formula is C15H18BrF2NO. The van der Waals surface area contributed by atoms with Crippen LogP contribution in [0.15, 0.2) is 18.2 Å². The molecule has 0 aliphatic heterocycles. The fourth-order valence-electron chi connectivity index (χ4n) is 2.76. The van der Waals surface area contributed by atoms with Gasteiger partial charge in [0.05, 0.1) is 5.56 Å². The van der Waals surface area contributed by atoms with Gasteiger partial charge in [-0.2, -0.15) is 0 Å². The maximum Gasteiger partial charge on any atom is 0.257 e. The summed E-state index contributed by atoms with van der Waals surface area (Å²) in [6.45, 7) is 0.513. The van der Waals surface area contributed by atoms with Crippen molar-refractivity contribution in [2.75, 3.05) is 11.9 Å². The van der Waals surface area contributed by atoms with Crippen LogP contribution in [0.3, 0.4) is 0 Å². The van der Waals surface area contributed by atoms with Crippen LogP contribution in [0.25, 0.3) is 0 Å². The standard InChI is InChI=1S/C15H18BrF2NO/c16-9-10-19(11-5-2-1-3-6-11)15(20)12-7-4-8-13(17)14(12)18/h4,7-8,11H,1-3,5-6,9-10H2. The first-order valence-electron chi connectivity index (χ1n) is 6.96. The van der Waals surface area contributed by atoms with E-state index < -0.39 is 17.5 Å². The molecule has 2 rings (SSSR count). The molecule has 0 N–H and O–H groups in total. The summed E-state index contributed by atoms with van der Waals surface area (Å²) in [5.74, 6) is -2.43. The third-order valence-electron chi connectivity index (χ3n) is 3.78. The Hall–Kier alpha value is -0.970. The minimum Gasteiger partial charge on any atom is -0.335 e. The molecule has 0 spiro atoms. The fraction of sp³-hybridized carbons (Fsp3) is 0.533. The molecule has 20 heavy (non-hydrogen) atoms. The average Bonchev–Trinajstić information content (AvgIpc) is 2.48. The molecule has 1 aliphatic rings. The van der Waals surface area contributed by atoms with Crippen LogP contribution in [0.2, 0.25) is 0 Å². The predicted octanol–water partition coefficient (Wildman–Crippen LogP) is 4.13. The summed E-state index contributed by atoms with van der Waals surface area (Å²) in [6.07, 6.45) is 5.23. The normalized spacial score (nSPS) is 16.1. The lowest BCUT2D eigenvalue weighted by Gasteiger charge is -2.34. The summed E-state index contributed by atoms with van der Waals surface area (Å²) in [4.78, 5) is 14.2. The van der Waals surface area contributed by atoms with Crippen molar-refractivity contribution in [2.45, 2.75) is 38.1 Å². The van der Waals surface area contributed by atoms with Crippen LogP contribution in [-0.4, -0.2) is 28.7 Å². The van der Waals surface area contributed by atoms with Crippen LogP contribution >= 0.6 is 15.9 Å². The molecule has 1 aromatic rings. The summed E-state index contributed by atoms with van der Waals surface area (Å²) in [6, 6.07) is 3.89. The number of benzene rings is 1. The van der Waals surface area contributed by atoms with Crippen molar-refractivity contribution in [3.8, 4) is 0 Å². The Bertz CT molecular complexity index is 475. The van der Waals surface area contributed by atoms with Crippen LogP contribution in [0, 0.1) is 11.6 Å². The Labute approximate surface area is 126 Å². The van der Waals surface area contributed by atoms with E-state index in [-0.39, 0.29) is 11.6 Å². The number of hydrogen-bond donors (Lipinski definition) is 0. The summed E-state index contributed by atoms with van der Waals surface area (Å²) in [5.41, 5.74) is -0.170. The first-order chi connectivity index (χ1) is 9.65. The minimum atomic E-state index is -1.05. The topological polar surface area (TPSA) is 20.3 Å². The van der Waals surface area contributed by atoms with Crippen molar-refractivity contribution in [2.24, 2.45) is 0 Å². The minimum absolute atomic E-state index is 0.136. The SMILES string of the molecule is O=C(c1cccc(F)c1F)N(CCBr)C1CCCCC1. The van der Waals surface area contributed by atoms with Crippen molar-refractivity contribution >= 4 is 21.8 Å². The van der Waals surface area contributed by atoms with E-state index in [0.717, 1.165) is 31.7 Å². The number of amides is 1. The highest BCUT2D eigenvalue weighted by molar-refractivity contribution is 9.09. The van der Waals surface area contributed by atoms with Gasteiger partial charge in [-0.05, 0) is 25.0 Å². The van der Waals surface area contributed by atoms with Crippen molar-refractivity contribution in [1.29, 1.82) is 0 Å². The number of hydrogen-bond acceptors (Lipinski definition) is 1. The first kappa shape index (κ1) is 15.4. The van der Waals surface area contributed by atoms with Gasteiger partial charge < -0.3 is 4.90 Å². The molecule has 0 unspecified atom stereocenters. The third-order valence-corrected chi connectivity index (χ3v) is 4.14. The van der Waals surface area contributed by atoms with Gasteiger partial charge in [0.15, 0.2) is 11.6 Å². The highest BCUT2D eigenvalue weighted by atomic mass is 79.9. The highest BCUT2D eigenvalue weighted by Gasteiger charge is 2.28. The molecule has 1 fully saturated rings. The van der Waals surface area contributed by atoms with Gasteiger partial charge in [-0.1, -0.05) is 41.3 Å². The second kappa shape index (κ2) is 7.16. The van der Waals surface area contributed by atoms with E-state index in [1.165, 1.54) is 18.6 Å². The Morgan fingerprint density at radius 3 is 2.60 bits per heavy atom. The van der Waals surface area contributed by atoms with E-state index in [1.54, 1.807) is 4.90 Å². The Morgan fingerprint density at radius 2 is 1.95 bits per heavy atom. The number of carbonyl (C=O) groups is 1. The molecule has 0 saturated heterocycles. The van der Waals surface area contributed by atoms with Crippen LogP contribution in [0.4, 0.5) is 8.78 Å². The summed E-state index contributed by atoms with van der Waals surface area (Å²) in [7, 11) is 0. The van der Waals surface area contributed by atoms with Gasteiger partial charge in [0.1, 0.15) is 0 Å². The van der Waals surface area contributed by atoms with Gasteiger partial charge in [-0.15, -0.1) is 0 Å². The molecule has 1 saturated carbocycles. The molecule has 0 atom stereocenters. The zero-order chi connectivity index (χ0) is 14.5. The quantitative estimate of drug-likeness (QED) is 0.751. The molecule has 5 heteroatoms. The molecule has 110 valence electrons. The second-order valence-electron chi connectivity index (χ2n) is 5.08. The highest BCUT2D eigenvalue weighted by Crippen LogP contribution is 2.25. The lowest BCUT2D eigenvalue weighted by atomic mass is 9.93. The summed E-state index contributed by atoms with van der Waals surface area (Å²) >= 11 is 3.33. The largest absolute Gasteiger partial charge is 0.335 e. The van der Waals surface area contributed by atoms with Crippen molar-refractivity contribution < 1.29 is 13.6 Å². The van der Waals surface area contributed by atoms with Gasteiger partial charge in [-0.3, -0.25) is 4.79 Å². The van der Waals surface area contributed by atoms with E-state index in [2.05, 4.69) is 15.9 Å². The maximum absolute atomic E-state index is 13.8. The molecular weight excluding hydrogens is 328 g/mol. The van der Waals surface area contributed by atoms with Crippen molar-refractivity contribution in [1.82, 2.24) is 4.90 Å². The van der Waals surface area contributed by atoms with E-state index in [9.17, 15) is 13.6 Å². The Morgan fingerprint density at radius 1 is 1.25 bits per heavy atom. The number of alkyl halides is 1. The van der Waals surface area contributed by atoms with Gasteiger partial charge in [-0.25, -0.2) is 8.78 Å². The van der Waals surface area contributed by atoms with E-state index in [4.69, 9.17) is 0 Å².